The molecule has 0 aliphatic carbocycles. The number of urea groups is 1. The van der Waals surface area contributed by atoms with Crippen LogP contribution in [0.4, 0.5) is 16.3 Å². The molecule has 2 aromatic heterocycles. The Morgan fingerprint density at radius 1 is 1.43 bits per heavy atom. The molecule has 2 heterocycles. The van der Waals surface area contributed by atoms with Gasteiger partial charge in [-0.3, -0.25) is 4.68 Å². The average molecular weight is 288 g/mol. The Hall–Kier alpha value is -2.57. The van der Waals surface area contributed by atoms with E-state index in [2.05, 4.69) is 20.7 Å². The standard InChI is InChI=1S/C14H20N6O/c1-4-20-10-12(9-17-20)18-14(21)16-8-11-6-5-7-15-13(11)19(2)3/h5-7,9-10H,4,8H2,1-3H3,(H2,16,18,21). The van der Waals surface area contributed by atoms with Crippen molar-refractivity contribution in [1.29, 1.82) is 0 Å². The molecular formula is C14H20N6O. The van der Waals surface area contributed by atoms with Gasteiger partial charge in [0.05, 0.1) is 11.9 Å². The Labute approximate surface area is 124 Å². The number of anilines is 2. The molecule has 0 saturated heterocycles. The predicted octanol–water partition coefficient (Wildman–Crippen LogP) is 1.69. The van der Waals surface area contributed by atoms with Crippen LogP contribution in [0.25, 0.3) is 0 Å². The van der Waals surface area contributed by atoms with E-state index in [-0.39, 0.29) is 6.03 Å². The normalized spacial score (nSPS) is 10.2. The zero-order valence-electron chi connectivity index (χ0n) is 12.5. The van der Waals surface area contributed by atoms with Crippen LogP contribution in [-0.2, 0) is 13.1 Å². The number of pyridine rings is 1. The SMILES string of the molecule is CCn1cc(NC(=O)NCc2cccnc2N(C)C)cn1. The van der Waals surface area contributed by atoms with Gasteiger partial charge >= 0.3 is 6.03 Å². The van der Waals surface area contributed by atoms with Crippen molar-refractivity contribution >= 4 is 17.5 Å². The molecule has 2 aromatic rings. The number of rotatable bonds is 5. The summed E-state index contributed by atoms with van der Waals surface area (Å²) in [4.78, 5) is 18.1. The third-order valence-electron chi connectivity index (χ3n) is 2.95. The first-order chi connectivity index (χ1) is 10.1. The third kappa shape index (κ3) is 3.95. The Bertz CT molecular complexity index is 607. The van der Waals surface area contributed by atoms with Gasteiger partial charge < -0.3 is 15.5 Å². The molecule has 2 rings (SSSR count). The van der Waals surface area contributed by atoms with Gasteiger partial charge in [-0.15, -0.1) is 0 Å². The van der Waals surface area contributed by atoms with Gasteiger partial charge in [0.1, 0.15) is 5.82 Å². The number of hydrogen-bond acceptors (Lipinski definition) is 4. The number of nitrogens with zero attached hydrogens (tertiary/aromatic N) is 4. The molecule has 21 heavy (non-hydrogen) atoms. The molecule has 7 heteroatoms. The van der Waals surface area contributed by atoms with Gasteiger partial charge in [-0.05, 0) is 13.0 Å². The number of carbonyl (C=O) groups is 1. The summed E-state index contributed by atoms with van der Waals surface area (Å²) in [6, 6.07) is 3.53. The maximum absolute atomic E-state index is 11.9. The Morgan fingerprint density at radius 3 is 2.90 bits per heavy atom. The molecule has 7 nitrogen and oxygen atoms in total. The number of aromatic nitrogens is 3. The van der Waals surface area contributed by atoms with Crippen molar-refractivity contribution < 1.29 is 4.79 Å². The van der Waals surface area contributed by atoms with E-state index in [9.17, 15) is 4.79 Å². The Balaban J connectivity index is 1.92. The lowest BCUT2D eigenvalue weighted by Crippen LogP contribution is -2.29. The van der Waals surface area contributed by atoms with Gasteiger partial charge in [-0.2, -0.15) is 5.10 Å². The number of amides is 2. The summed E-state index contributed by atoms with van der Waals surface area (Å²) in [5, 5.41) is 9.67. The van der Waals surface area contributed by atoms with E-state index in [4.69, 9.17) is 0 Å². The second kappa shape index (κ2) is 6.74. The van der Waals surface area contributed by atoms with Gasteiger partial charge in [-0.1, -0.05) is 6.07 Å². The van der Waals surface area contributed by atoms with Crippen LogP contribution in [0.3, 0.4) is 0 Å². The Kier molecular flexibility index (Phi) is 4.76. The fourth-order valence-electron chi connectivity index (χ4n) is 1.92. The van der Waals surface area contributed by atoms with E-state index in [1.165, 1.54) is 0 Å². The number of hydrogen-bond donors (Lipinski definition) is 2. The lowest BCUT2D eigenvalue weighted by molar-refractivity contribution is 0.251. The first-order valence-corrected chi connectivity index (χ1v) is 6.78. The molecule has 0 bridgehead atoms. The summed E-state index contributed by atoms with van der Waals surface area (Å²) in [5.41, 5.74) is 1.63. The molecule has 0 saturated carbocycles. The van der Waals surface area contributed by atoms with E-state index in [1.807, 2.05) is 38.1 Å². The number of carbonyl (C=O) groups excluding carboxylic acids is 1. The minimum Gasteiger partial charge on any atom is -0.362 e. The number of nitrogens with one attached hydrogen (secondary N) is 2. The largest absolute Gasteiger partial charge is 0.362 e. The highest BCUT2D eigenvalue weighted by atomic mass is 16.2. The van der Waals surface area contributed by atoms with E-state index in [1.54, 1.807) is 23.3 Å². The summed E-state index contributed by atoms with van der Waals surface area (Å²) in [7, 11) is 3.84. The zero-order chi connectivity index (χ0) is 15.2. The highest BCUT2D eigenvalue weighted by Crippen LogP contribution is 2.13. The molecule has 0 radical (unpaired) electrons. The molecule has 112 valence electrons. The van der Waals surface area contributed by atoms with E-state index in [0.29, 0.717) is 12.2 Å². The van der Waals surface area contributed by atoms with Crippen LogP contribution >= 0.6 is 0 Å². The summed E-state index contributed by atoms with van der Waals surface area (Å²) in [5.74, 6) is 0.844. The van der Waals surface area contributed by atoms with Crippen molar-refractivity contribution in [2.24, 2.45) is 0 Å². The lowest BCUT2D eigenvalue weighted by atomic mass is 10.2. The molecular weight excluding hydrogens is 268 g/mol. The fourth-order valence-corrected chi connectivity index (χ4v) is 1.92. The summed E-state index contributed by atoms with van der Waals surface area (Å²) >= 11 is 0. The molecule has 0 aliphatic rings. The minimum absolute atomic E-state index is 0.265. The Morgan fingerprint density at radius 2 is 2.24 bits per heavy atom. The van der Waals surface area contributed by atoms with Crippen molar-refractivity contribution in [2.45, 2.75) is 20.0 Å². The molecule has 0 atom stereocenters. The van der Waals surface area contributed by atoms with Crippen molar-refractivity contribution in [3.63, 3.8) is 0 Å². The molecule has 2 N–H and O–H groups in total. The van der Waals surface area contributed by atoms with Gasteiger partial charge in [-0.25, -0.2) is 9.78 Å². The zero-order valence-corrected chi connectivity index (χ0v) is 12.5. The van der Waals surface area contributed by atoms with E-state index < -0.39 is 0 Å². The van der Waals surface area contributed by atoms with Crippen molar-refractivity contribution in [3.8, 4) is 0 Å². The summed E-state index contributed by atoms with van der Waals surface area (Å²) in [6.07, 6.45) is 5.14. The first-order valence-electron chi connectivity index (χ1n) is 6.78. The molecule has 0 fully saturated rings. The van der Waals surface area contributed by atoms with Crippen LogP contribution in [0, 0.1) is 0 Å². The highest BCUT2D eigenvalue weighted by Gasteiger charge is 2.08. The molecule has 0 unspecified atom stereocenters. The van der Waals surface area contributed by atoms with Gasteiger partial charge in [0, 0.05) is 45.1 Å². The monoisotopic (exact) mass is 288 g/mol. The first kappa shape index (κ1) is 14.8. The second-order valence-electron chi connectivity index (χ2n) is 4.77. The van der Waals surface area contributed by atoms with E-state index >= 15 is 0 Å². The summed E-state index contributed by atoms with van der Waals surface area (Å²) in [6.45, 7) is 3.17. The van der Waals surface area contributed by atoms with Crippen LogP contribution < -0.4 is 15.5 Å². The fraction of sp³-hybridized carbons (Fsp3) is 0.357. The number of aryl methyl sites for hydroxylation is 1. The van der Waals surface area contributed by atoms with E-state index in [0.717, 1.165) is 17.9 Å². The van der Waals surface area contributed by atoms with Crippen LogP contribution in [0.2, 0.25) is 0 Å². The van der Waals surface area contributed by atoms with Crippen LogP contribution in [0.15, 0.2) is 30.7 Å². The molecule has 2 amide bonds. The summed E-state index contributed by atoms with van der Waals surface area (Å²) < 4.78 is 1.75. The van der Waals surface area contributed by atoms with Gasteiger partial charge in [0.15, 0.2) is 0 Å². The van der Waals surface area contributed by atoms with Crippen LogP contribution in [-0.4, -0.2) is 34.9 Å². The predicted molar refractivity (Wildman–Crippen MR) is 82.3 cm³/mol. The van der Waals surface area contributed by atoms with Crippen molar-refractivity contribution in [2.75, 3.05) is 24.3 Å². The quantitative estimate of drug-likeness (QED) is 0.878. The van der Waals surface area contributed by atoms with Gasteiger partial charge in [0.2, 0.25) is 0 Å². The van der Waals surface area contributed by atoms with Crippen molar-refractivity contribution in [1.82, 2.24) is 20.1 Å². The third-order valence-corrected chi connectivity index (χ3v) is 2.95. The van der Waals surface area contributed by atoms with Crippen LogP contribution in [0.1, 0.15) is 12.5 Å². The maximum atomic E-state index is 11.9. The molecule has 0 aliphatic heterocycles. The van der Waals surface area contributed by atoms with Crippen molar-refractivity contribution in [3.05, 3.63) is 36.3 Å². The maximum Gasteiger partial charge on any atom is 0.319 e. The highest BCUT2D eigenvalue weighted by molar-refractivity contribution is 5.88. The average Bonchev–Trinajstić information content (AvgIpc) is 2.93. The second-order valence-corrected chi connectivity index (χ2v) is 4.77. The minimum atomic E-state index is -0.265. The smallest absolute Gasteiger partial charge is 0.319 e. The topological polar surface area (TPSA) is 75.1 Å². The van der Waals surface area contributed by atoms with Gasteiger partial charge in [0.25, 0.3) is 0 Å². The van der Waals surface area contributed by atoms with Crippen LogP contribution in [0.5, 0.6) is 0 Å². The molecule has 0 aromatic carbocycles. The molecule has 0 spiro atoms. The lowest BCUT2D eigenvalue weighted by Gasteiger charge is -2.16.